The average molecular weight is 533 g/mol. The van der Waals surface area contributed by atoms with Crippen LogP contribution in [0, 0.1) is 0 Å². The Morgan fingerprint density at radius 3 is 1.29 bits per heavy atom. The largest absolute Gasteiger partial charge is 0.0622 e. The second-order valence-corrected chi connectivity index (χ2v) is 11.0. The molecule has 196 valence electrons. The van der Waals surface area contributed by atoms with Crippen LogP contribution in [0.4, 0.5) is 0 Å². The normalized spacial score (nSPS) is 11.3. The topological polar surface area (TPSA) is 0 Å². The predicted molar refractivity (Wildman–Crippen MR) is 181 cm³/mol. The zero-order valence-corrected chi connectivity index (χ0v) is 23.2. The van der Waals surface area contributed by atoms with Crippen molar-refractivity contribution in [3.05, 3.63) is 170 Å². The zero-order chi connectivity index (χ0) is 27.9. The molecule has 8 rings (SSSR count). The van der Waals surface area contributed by atoms with Crippen molar-refractivity contribution in [2.75, 3.05) is 0 Å². The number of rotatable bonds is 4. The van der Waals surface area contributed by atoms with Crippen molar-refractivity contribution in [3.8, 4) is 44.5 Å². The third-order valence-corrected chi connectivity index (χ3v) is 8.44. The molecule has 0 saturated heterocycles. The zero-order valence-electron chi connectivity index (χ0n) is 23.2. The lowest BCUT2D eigenvalue weighted by Crippen LogP contribution is -1.85. The first-order chi connectivity index (χ1) is 20.8. The summed E-state index contributed by atoms with van der Waals surface area (Å²) in [7, 11) is 0. The van der Waals surface area contributed by atoms with Crippen molar-refractivity contribution in [3.63, 3.8) is 0 Å². The number of hydrogen-bond donors (Lipinski definition) is 0. The fourth-order valence-electron chi connectivity index (χ4n) is 6.15. The van der Waals surface area contributed by atoms with Gasteiger partial charge >= 0.3 is 0 Å². The summed E-state index contributed by atoms with van der Waals surface area (Å²) in [6.45, 7) is 0. The van der Waals surface area contributed by atoms with E-state index < -0.39 is 0 Å². The number of hydrogen-bond acceptors (Lipinski definition) is 0. The van der Waals surface area contributed by atoms with Gasteiger partial charge in [0.05, 0.1) is 0 Å². The van der Waals surface area contributed by atoms with Gasteiger partial charge in [-0.25, -0.2) is 0 Å². The molecule has 0 nitrogen and oxygen atoms in total. The molecule has 0 aliphatic rings. The molecule has 0 fully saturated rings. The van der Waals surface area contributed by atoms with Gasteiger partial charge < -0.3 is 0 Å². The molecular formula is C42H28. The van der Waals surface area contributed by atoms with Gasteiger partial charge in [0.15, 0.2) is 0 Å². The molecule has 0 spiro atoms. The molecule has 0 N–H and O–H groups in total. The summed E-state index contributed by atoms with van der Waals surface area (Å²) in [6, 6.07) is 61.8. The number of fused-ring (bicyclic) bond motifs is 4. The molecule has 0 aliphatic heterocycles. The van der Waals surface area contributed by atoms with E-state index >= 15 is 0 Å². The van der Waals surface area contributed by atoms with E-state index in [9.17, 15) is 0 Å². The van der Waals surface area contributed by atoms with Gasteiger partial charge in [-0.1, -0.05) is 146 Å². The predicted octanol–water partition coefficient (Wildman–Crippen LogP) is 11.8. The van der Waals surface area contributed by atoms with E-state index in [1.54, 1.807) is 0 Å². The number of benzene rings is 8. The van der Waals surface area contributed by atoms with E-state index in [1.165, 1.54) is 76.8 Å². The maximum atomic E-state index is 2.34. The summed E-state index contributed by atoms with van der Waals surface area (Å²) in [5.41, 5.74) is 9.89. The molecule has 8 aromatic carbocycles. The van der Waals surface area contributed by atoms with E-state index in [4.69, 9.17) is 0 Å². The second-order valence-electron chi connectivity index (χ2n) is 11.0. The highest BCUT2D eigenvalue weighted by Crippen LogP contribution is 2.34. The molecular weight excluding hydrogens is 504 g/mol. The smallest absolute Gasteiger partial charge is 0.00992 e. The Morgan fingerprint density at radius 1 is 0.190 bits per heavy atom. The maximum absolute atomic E-state index is 2.34. The molecule has 0 saturated carbocycles. The van der Waals surface area contributed by atoms with Crippen molar-refractivity contribution in [1.82, 2.24) is 0 Å². The molecule has 0 radical (unpaired) electrons. The van der Waals surface area contributed by atoms with Crippen LogP contribution >= 0.6 is 0 Å². The SMILES string of the molecule is c1ccc(-c2ccc(-c3ccc4cc(-c5cccc(-c6ccc7ccc8ccccc8c7c6)c5)ccc4c3)cc2)cc1. The highest BCUT2D eigenvalue weighted by atomic mass is 14.1. The third kappa shape index (κ3) is 4.44. The Labute approximate surface area is 246 Å². The lowest BCUT2D eigenvalue weighted by Gasteiger charge is -2.10. The summed E-state index contributed by atoms with van der Waals surface area (Å²) in [5.74, 6) is 0. The highest BCUT2D eigenvalue weighted by Gasteiger charge is 2.07. The molecule has 0 unspecified atom stereocenters. The van der Waals surface area contributed by atoms with Crippen molar-refractivity contribution >= 4 is 32.3 Å². The van der Waals surface area contributed by atoms with Crippen LogP contribution < -0.4 is 0 Å². The average Bonchev–Trinajstić information content (AvgIpc) is 3.08. The van der Waals surface area contributed by atoms with Crippen LogP contribution in [0.5, 0.6) is 0 Å². The van der Waals surface area contributed by atoms with E-state index in [0.29, 0.717) is 0 Å². The van der Waals surface area contributed by atoms with Gasteiger partial charge in [0.25, 0.3) is 0 Å². The van der Waals surface area contributed by atoms with Gasteiger partial charge in [-0.2, -0.15) is 0 Å². The minimum absolute atomic E-state index is 1.23. The highest BCUT2D eigenvalue weighted by molar-refractivity contribution is 6.08. The van der Waals surface area contributed by atoms with Crippen LogP contribution in [0.2, 0.25) is 0 Å². The minimum atomic E-state index is 1.23. The monoisotopic (exact) mass is 532 g/mol. The summed E-state index contributed by atoms with van der Waals surface area (Å²) >= 11 is 0. The standard InChI is InChI=1S/C42H28/c1-2-7-29(8-3-1)30-13-15-31(16-14-30)36-21-22-39-27-37(23-24-38(39)26-36)34-10-6-11-35(25-34)40-20-19-33-18-17-32-9-4-5-12-41(32)42(33)28-40/h1-28H. The van der Waals surface area contributed by atoms with Crippen molar-refractivity contribution in [2.24, 2.45) is 0 Å². The molecule has 0 aromatic heterocycles. The first kappa shape index (κ1) is 24.3. The Kier molecular flexibility index (Phi) is 5.90. The van der Waals surface area contributed by atoms with Crippen molar-refractivity contribution < 1.29 is 0 Å². The van der Waals surface area contributed by atoms with E-state index in [-0.39, 0.29) is 0 Å². The Bertz CT molecular complexity index is 2220. The van der Waals surface area contributed by atoms with Gasteiger partial charge in [0.1, 0.15) is 0 Å². The maximum Gasteiger partial charge on any atom is -0.00992 e. The lowest BCUT2D eigenvalue weighted by atomic mass is 9.94. The molecule has 0 amide bonds. The van der Waals surface area contributed by atoms with E-state index in [0.717, 1.165) is 0 Å². The minimum Gasteiger partial charge on any atom is -0.0622 e. The third-order valence-electron chi connectivity index (χ3n) is 8.44. The molecule has 0 bridgehead atoms. The van der Waals surface area contributed by atoms with E-state index in [2.05, 4.69) is 170 Å². The van der Waals surface area contributed by atoms with Gasteiger partial charge in [-0.15, -0.1) is 0 Å². The lowest BCUT2D eigenvalue weighted by molar-refractivity contribution is 1.59. The van der Waals surface area contributed by atoms with Crippen LogP contribution in [0.3, 0.4) is 0 Å². The van der Waals surface area contributed by atoms with Gasteiger partial charge in [0.2, 0.25) is 0 Å². The van der Waals surface area contributed by atoms with Gasteiger partial charge in [-0.05, 0) is 101 Å². The van der Waals surface area contributed by atoms with Crippen LogP contribution in [-0.4, -0.2) is 0 Å². The van der Waals surface area contributed by atoms with Gasteiger partial charge in [-0.3, -0.25) is 0 Å². The van der Waals surface area contributed by atoms with Crippen LogP contribution in [-0.2, 0) is 0 Å². The summed E-state index contributed by atoms with van der Waals surface area (Å²) in [5, 5.41) is 7.65. The Balaban J connectivity index is 1.11. The quantitative estimate of drug-likeness (QED) is 0.198. The fourth-order valence-corrected chi connectivity index (χ4v) is 6.15. The fraction of sp³-hybridized carbons (Fsp3) is 0. The molecule has 0 aliphatic carbocycles. The van der Waals surface area contributed by atoms with E-state index in [1.807, 2.05) is 0 Å². The Hall–Kier alpha value is -5.46. The molecule has 0 atom stereocenters. The molecule has 0 heterocycles. The molecule has 8 aromatic rings. The van der Waals surface area contributed by atoms with Crippen LogP contribution in [0.1, 0.15) is 0 Å². The van der Waals surface area contributed by atoms with Crippen molar-refractivity contribution in [2.45, 2.75) is 0 Å². The summed E-state index contributed by atoms with van der Waals surface area (Å²) in [4.78, 5) is 0. The summed E-state index contributed by atoms with van der Waals surface area (Å²) < 4.78 is 0. The van der Waals surface area contributed by atoms with Crippen LogP contribution in [0.15, 0.2) is 170 Å². The molecule has 0 heteroatoms. The van der Waals surface area contributed by atoms with Gasteiger partial charge in [0, 0.05) is 0 Å². The first-order valence-electron chi connectivity index (χ1n) is 14.5. The molecule has 42 heavy (non-hydrogen) atoms. The Morgan fingerprint density at radius 2 is 0.595 bits per heavy atom. The second kappa shape index (κ2) is 10.2. The van der Waals surface area contributed by atoms with Crippen molar-refractivity contribution in [1.29, 1.82) is 0 Å². The first-order valence-corrected chi connectivity index (χ1v) is 14.5. The summed E-state index contributed by atoms with van der Waals surface area (Å²) in [6.07, 6.45) is 0. The van der Waals surface area contributed by atoms with Crippen LogP contribution in [0.25, 0.3) is 76.8 Å².